The van der Waals surface area contributed by atoms with Gasteiger partial charge in [-0.05, 0) is 135 Å². The number of pyridine rings is 1. The number of rotatable bonds is 13. The largest absolute Gasteiger partial charge is 0.455 e. The van der Waals surface area contributed by atoms with Crippen molar-refractivity contribution >= 4 is 44.0 Å². The summed E-state index contributed by atoms with van der Waals surface area (Å²) in [5, 5.41) is 16.0. The molecule has 2 atom stereocenters. The van der Waals surface area contributed by atoms with Crippen LogP contribution in [0.5, 0.6) is 11.5 Å². The molecule has 2 aromatic heterocycles. The maximum absolute atomic E-state index is 14.0. The number of nitrogens with one attached hydrogen (secondary N) is 3. The van der Waals surface area contributed by atoms with Gasteiger partial charge < -0.3 is 29.6 Å². The molecule has 1 amide bonds. The van der Waals surface area contributed by atoms with Gasteiger partial charge in [-0.25, -0.2) is 18.1 Å². The normalized spacial score (nSPS) is 18.7. The summed E-state index contributed by atoms with van der Waals surface area (Å²) in [5.41, 5.74) is 6.00. The Labute approximate surface area is 366 Å². The van der Waals surface area contributed by atoms with Gasteiger partial charge in [-0.1, -0.05) is 42.5 Å². The molecule has 3 saturated heterocycles. The molecule has 15 heteroatoms. The zero-order valence-electron chi connectivity index (χ0n) is 35.2. The number of nitro groups is 1. The van der Waals surface area contributed by atoms with E-state index in [0.29, 0.717) is 37.1 Å². The molecule has 3 fully saturated rings. The minimum Gasteiger partial charge on any atom is -0.455 e. The van der Waals surface area contributed by atoms with E-state index in [1.54, 1.807) is 24.4 Å². The smallest absolute Gasteiger partial charge is 0.293 e. The van der Waals surface area contributed by atoms with Gasteiger partial charge in [0.15, 0.2) is 0 Å². The molecule has 4 aromatic carbocycles. The molecular weight excluding hydrogens is 819 g/mol. The summed E-state index contributed by atoms with van der Waals surface area (Å²) in [5.74, 6) is 0.270. The van der Waals surface area contributed by atoms with Crippen molar-refractivity contribution in [3.05, 3.63) is 136 Å². The molecule has 6 aromatic rings. The summed E-state index contributed by atoms with van der Waals surface area (Å²) in [6.07, 6.45) is 9.52. The van der Waals surface area contributed by atoms with Gasteiger partial charge in [0.05, 0.1) is 27.6 Å². The first-order chi connectivity index (χ1) is 30.6. The van der Waals surface area contributed by atoms with E-state index in [0.717, 1.165) is 73.6 Å². The molecule has 0 aliphatic carbocycles. The van der Waals surface area contributed by atoms with Crippen molar-refractivity contribution in [2.75, 3.05) is 56.7 Å². The van der Waals surface area contributed by atoms with Gasteiger partial charge in [0.1, 0.15) is 22.8 Å². The number of aromatic nitrogens is 2. The third-order valence-corrected chi connectivity index (χ3v) is 14.0. The van der Waals surface area contributed by atoms with E-state index in [1.165, 1.54) is 48.4 Å². The highest BCUT2D eigenvalue weighted by Gasteiger charge is 2.31. The van der Waals surface area contributed by atoms with Crippen molar-refractivity contribution in [1.29, 1.82) is 0 Å². The number of likely N-dealkylation sites (tertiary alicyclic amines) is 1. The third-order valence-electron chi connectivity index (χ3n) is 12.7. The standard InChI is InChI=1S/C48H51N7O7S/c1-53-22-4-6-36(31-53)40-7-2-3-8-41(40)44-9-5-23-54(44)37-13-10-33(11-14-37)34-12-16-42(46(27-34)62-38-26-35-18-21-49-47(35)51-30-38)48(56)52-63(59,60)39-15-17-43(45(28-39)55(57)58)50-29-32-19-24-61-25-20-32/h2-3,7-8,10-18,21,26-28,30,32,36,44,50H,4-6,9,19-20,22-25,29,31H2,1H3,(H,49,51)(H,52,56)/t36-,44?/m0/s1. The maximum Gasteiger partial charge on any atom is 0.293 e. The van der Waals surface area contributed by atoms with Crippen molar-refractivity contribution < 1.29 is 27.6 Å². The van der Waals surface area contributed by atoms with Crippen LogP contribution >= 0.6 is 0 Å². The van der Waals surface area contributed by atoms with Crippen molar-refractivity contribution in [3.63, 3.8) is 0 Å². The van der Waals surface area contributed by atoms with Gasteiger partial charge in [0.25, 0.3) is 21.6 Å². The average Bonchev–Trinajstić information content (AvgIpc) is 3.99. The summed E-state index contributed by atoms with van der Waals surface area (Å²) in [6, 6.07) is 29.8. The summed E-state index contributed by atoms with van der Waals surface area (Å²) in [4.78, 5) is 37.4. The SMILES string of the molecule is CN1CCC[C@H](c2ccccc2C2CCCN2c2ccc(-c3ccc(C(=O)NS(=O)(=O)c4ccc(NCC5CCOCC5)c([N+](=O)[O-])c4)c(Oc4cnc5[nH]ccc5c4)c3)cc2)C1. The number of hydrogen-bond donors (Lipinski definition) is 3. The lowest BCUT2D eigenvalue weighted by Gasteiger charge is -2.34. The van der Waals surface area contributed by atoms with E-state index in [4.69, 9.17) is 9.47 Å². The highest BCUT2D eigenvalue weighted by molar-refractivity contribution is 7.90. The summed E-state index contributed by atoms with van der Waals surface area (Å²) >= 11 is 0. The van der Waals surface area contributed by atoms with Crippen LogP contribution in [0.2, 0.25) is 0 Å². The van der Waals surface area contributed by atoms with Crippen molar-refractivity contribution in [3.8, 4) is 22.6 Å². The van der Waals surface area contributed by atoms with E-state index in [9.17, 15) is 23.3 Å². The number of carbonyl (C=O) groups is 1. The lowest BCUT2D eigenvalue weighted by molar-refractivity contribution is -0.384. The number of hydrogen-bond acceptors (Lipinski definition) is 11. The Morgan fingerprint density at radius 1 is 0.921 bits per heavy atom. The van der Waals surface area contributed by atoms with Gasteiger partial charge in [0, 0.05) is 56.2 Å². The average molecular weight is 870 g/mol. The lowest BCUT2D eigenvalue weighted by atomic mass is 9.85. The number of H-pyrrole nitrogens is 1. The molecule has 0 spiro atoms. The Bertz CT molecular complexity index is 2740. The lowest BCUT2D eigenvalue weighted by Crippen LogP contribution is -2.32. The number of ether oxygens (including phenoxy) is 2. The first kappa shape index (κ1) is 42.0. The fraction of sp³-hybridized carbons (Fsp3) is 0.333. The van der Waals surface area contributed by atoms with Gasteiger partial charge in [-0.3, -0.25) is 14.9 Å². The van der Waals surface area contributed by atoms with Gasteiger partial charge >= 0.3 is 0 Å². The Balaban J connectivity index is 0.974. The predicted octanol–water partition coefficient (Wildman–Crippen LogP) is 9.04. The Morgan fingerprint density at radius 2 is 1.70 bits per heavy atom. The first-order valence-electron chi connectivity index (χ1n) is 21.7. The molecule has 1 unspecified atom stereocenters. The minimum atomic E-state index is -4.57. The number of benzene rings is 4. The molecule has 14 nitrogen and oxygen atoms in total. The van der Waals surface area contributed by atoms with Crippen LogP contribution in [0.3, 0.4) is 0 Å². The Hall–Kier alpha value is -6.29. The zero-order chi connectivity index (χ0) is 43.5. The number of piperidine rings is 1. The highest BCUT2D eigenvalue weighted by Crippen LogP contribution is 2.42. The second-order valence-corrected chi connectivity index (χ2v) is 18.5. The number of nitro benzene ring substituents is 1. The van der Waals surface area contributed by atoms with Gasteiger partial charge in [-0.15, -0.1) is 0 Å². The monoisotopic (exact) mass is 869 g/mol. The predicted molar refractivity (Wildman–Crippen MR) is 243 cm³/mol. The molecule has 3 aliphatic heterocycles. The zero-order valence-corrected chi connectivity index (χ0v) is 36.0. The van der Waals surface area contributed by atoms with E-state index in [2.05, 4.69) is 85.4 Å². The molecule has 326 valence electrons. The van der Waals surface area contributed by atoms with E-state index in [-0.39, 0.29) is 29.0 Å². The molecule has 0 radical (unpaired) electrons. The number of sulfonamides is 1. The number of likely N-dealkylation sites (N-methyl/N-ethyl adjacent to an activating group) is 1. The highest BCUT2D eigenvalue weighted by atomic mass is 32.2. The van der Waals surface area contributed by atoms with Crippen LogP contribution in [-0.2, 0) is 14.8 Å². The van der Waals surface area contributed by atoms with Crippen LogP contribution in [0, 0.1) is 16.0 Å². The molecule has 0 saturated carbocycles. The topological polar surface area (TPSA) is 172 Å². The van der Waals surface area contributed by atoms with E-state index < -0.39 is 31.4 Å². The van der Waals surface area contributed by atoms with Gasteiger partial charge in [0.2, 0.25) is 0 Å². The molecule has 5 heterocycles. The number of fused-ring (bicyclic) bond motifs is 1. The molecule has 0 bridgehead atoms. The maximum atomic E-state index is 14.0. The van der Waals surface area contributed by atoms with E-state index >= 15 is 0 Å². The fourth-order valence-corrected chi connectivity index (χ4v) is 10.3. The molecule has 3 N–H and O–H groups in total. The summed E-state index contributed by atoms with van der Waals surface area (Å²) in [7, 11) is -2.35. The van der Waals surface area contributed by atoms with Gasteiger partial charge in [-0.2, -0.15) is 0 Å². The summed E-state index contributed by atoms with van der Waals surface area (Å²) < 4.78 is 41.2. The number of amides is 1. The fourth-order valence-electron chi connectivity index (χ4n) is 9.35. The second kappa shape index (κ2) is 18.2. The Morgan fingerprint density at radius 3 is 2.49 bits per heavy atom. The molecular formula is C48H51N7O7S. The minimum absolute atomic E-state index is 0.0555. The number of carbonyl (C=O) groups excluding carboxylic acids is 1. The quantitative estimate of drug-likeness (QED) is 0.0747. The van der Waals surface area contributed by atoms with Crippen LogP contribution in [0.4, 0.5) is 17.1 Å². The van der Waals surface area contributed by atoms with Crippen LogP contribution in [0.1, 0.15) is 72.0 Å². The molecule has 9 rings (SSSR count). The number of aromatic amines is 1. The molecule has 3 aliphatic rings. The Kier molecular flexibility index (Phi) is 12.1. The van der Waals surface area contributed by atoms with Crippen molar-refractivity contribution in [2.45, 2.75) is 55.4 Å². The summed E-state index contributed by atoms with van der Waals surface area (Å²) in [6.45, 7) is 4.91. The van der Waals surface area contributed by atoms with Crippen LogP contribution in [0.15, 0.2) is 114 Å². The van der Waals surface area contributed by atoms with E-state index in [1.807, 2.05) is 6.07 Å². The van der Waals surface area contributed by atoms with Crippen LogP contribution in [0.25, 0.3) is 22.2 Å². The van der Waals surface area contributed by atoms with Crippen molar-refractivity contribution in [2.24, 2.45) is 5.92 Å². The van der Waals surface area contributed by atoms with Crippen LogP contribution in [-0.4, -0.2) is 80.6 Å². The molecule has 63 heavy (non-hydrogen) atoms. The number of nitrogens with zero attached hydrogens (tertiary/aromatic N) is 4. The number of anilines is 2. The second-order valence-electron chi connectivity index (χ2n) is 16.8. The van der Waals surface area contributed by atoms with Crippen LogP contribution < -0.4 is 19.7 Å². The first-order valence-corrected chi connectivity index (χ1v) is 23.1. The van der Waals surface area contributed by atoms with Crippen molar-refractivity contribution in [1.82, 2.24) is 19.6 Å². The third kappa shape index (κ3) is 9.26.